The number of hydrogen-bond acceptors (Lipinski definition) is 9. The van der Waals surface area contributed by atoms with E-state index in [1.807, 2.05) is 30.3 Å². The van der Waals surface area contributed by atoms with E-state index in [2.05, 4.69) is 4.98 Å². The Balaban J connectivity index is 1.19. The Hall–Kier alpha value is -5.77. The van der Waals surface area contributed by atoms with Crippen molar-refractivity contribution in [2.45, 2.75) is 25.7 Å². The molecular weight excluding hydrogens is 612 g/mol. The van der Waals surface area contributed by atoms with E-state index in [9.17, 15) is 24.3 Å². The van der Waals surface area contributed by atoms with E-state index < -0.39 is 23.7 Å². The van der Waals surface area contributed by atoms with Gasteiger partial charge in [-0.15, -0.1) is 0 Å². The zero-order chi connectivity index (χ0) is 33.4. The number of benzene rings is 3. The minimum Gasteiger partial charge on any atom is -0.507 e. The van der Waals surface area contributed by atoms with E-state index in [1.165, 1.54) is 31.3 Å². The number of nitrogens with zero attached hydrogens (tertiary/aromatic N) is 2. The number of para-hydroxylation sites is 2. The second kappa shape index (κ2) is 10.9. The molecule has 1 aliphatic heterocycles. The molecule has 0 bridgehead atoms. The number of aromatic nitrogens is 1. The Morgan fingerprint density at radius 1 is 0.938 bits per heavy atom. The molecule has 0 unspecified atom stereocenters. The highest BCUT2D eigenvalue weighted by atomic mass is 16.5. The topological polar surface area (TPSA) is 136 Å². The number of rotatable bonds is 5. The number of carbonyl (C=O) groups excluding carboxylic acids is 4. The van der Waals surface area contributed by atoms with Crippen LogP contribution in [0.2, 0.25) is 0 Å². The molecule has 4 aliphatic rings. The lowest BCUT2D eigenvalue weighted by Crippen LogP contribution is -2.40. The number of methoxy groups -OCH3 is 2. The van der Waals surface area contributed by atoms with Crippen molar-refractivity contribution in [3.8, 4) is 28.7 Å². The Bertz CT molecular complexity index is 2150. The Morgan fingerprint density at radius 2 is 1.71 bits per heavy atom. The molecule has 10 heteroatoms. The SMILES string of the molecule is COc1cc(O)c([C@H]2C3=CC[C@@H]4C(=O)N(c5ccc(-c6nc7ccccc7o6)cc5)C(=O)[C@@H]4[C@@H]3CC3=C2C(=O)C=C(C)C3=O)c(OC)c1. The van der Waals surface area contributed by atoms with Gasteiger partial charge in [0, 0.05) is 45.9 Å². The number of hydrogen-bond donors (Lipinski definition) is 1. The third-order valence-corrected chi connectivity index (χ3v) is 10.1. The first kappa shape index (κ1) is 29.6. The van der Waals surface area contributed by atoms with Gasteiger partial charge in [-0.3, -0.25) is 24.1 Å². The lowest BCUT2D eigenvalue weighted by molar-refractivity contribution is -0.123. The quantitative estimate of drug-likeness (QED) is 0.161. The van der Waals surface area contributed by atoms with Gasteiger partial charge in [0.1, 0.15) is 22.8 Å². The molecule has 1 N–H and O–H groups in total. The number of ketones is 2. The molecule has 0 saturated carbocycles. The summed E-state index contributed by atoms with van der Waals surface area (Å²) in [4.78, 5) is 61.3. The summed E-state index contributed by atoms with van der Waals surface area (Å²) in [5.74, 6) is -3.29. The maximum Gasteiger partial charge on any atom is 0.238 e. The number of oxazole rings is 1. The molecule has 10 nitrogen and oxygen atoms in total. The van der Waals surface area contributed by atoms with Crippen molar-refractivity contribution in [2.24, 2.45) is 17.8 Å². The van der Waals surface area contributed by atoms with E-state index >= 15 is 0 Å². The van der Waals surface area contributed by atoms with E-state index in [4.69, 9.17) is 13.9 Å². The van der Waals surface area contributed by atoms with Crippen LogP contribution in [0.1, 0.15) is 31.2 Å². The average molecular weight is 643 g/mol. The average Bonchev–Trinajstić information content (AvgIpc) is 3.64. The van der Waals surface area contributed by atoms with Gasteiger partial charge in [-0.05, 0) is 68.2 Å². The lowest BCUT2D eigenvalue weighted by Gasteiger charge is -2.42. The van der Waals surface area contributed by atoms with E-state index in [0.29, 0.717) is 50.8 Å². The molecular formula is C38H30N2O8. The smallest absolute Gasteiger partial charge is 0.238 e. The van der Waals surface area contributed by atoms with Gasteiger partial charge < -0.3 is 19.0 Å². The number of allylic oxidation sites excluding steroid dienone is 6. The molecule has 1 aromatic heterocycles. The van der Waals surface area contributed by atoms with Crippen LogP contribution in [0.25, 0.3) is 22.6 Å². The highest BCUT2D eigenvalue weighted by molar-refractivity contribution is 6.25. The van der Waals surface area contributed by atoms with Crippen LogP contribution >= 0.6 is 0 Å². The van der Waals surface area contributed by atoms with Gasteiger partial charge >= 0.3 is 0 Å². The predicted octanol–water partition coefficient (Wildman–Crippen LogP) is 5.85. The molecule has 240 valence electrons. The second-order valence-corrected chi connectivity index (χ2v) is 12.5. The van der Waals surface area contributed by atoms with E-state index in [1.54, 1.807) is 37.3 Å². The number of amides is 2. The fourth-order valence-electron chi connectivity index (χ4n) is 7.88. The molecule has 3 aromatic carbocycles. The maximum absolute atomic E-state index is 14.3. The van der Waals surface area contributed by atoms with Crippen LogP contribution in [0, 0.1) is 17.8 Å². The Kier molecular flexibility index (Phi) is 6.73. The van der Waals surface area contributed by atoms with Gasteiger partial charge in [-0.2, -0.15) is 0 Å². The minimum atomic E-state index is -0.867. The first-order valence-electron chi connectivity index (χ1n) is 15.7. The zero-order valence-electron chi connectivity index (χ0n) is 26.4. The number of aromatic hydroxyl groups is 1. The Labute approximate surface area is 275 Å². The summed E-state index contributed by atoms with van der Waals surface area (Å²) in [6.45, 7) is 1.59. The summed E-state index contributed by atoms with van der Waals surface area (Å²) in [5.41, 5.74) is 4.37. The second-order valence-electron chi connectivity index (χ2n) is 12.5. The van der Waals surface area contributed by atoms with Crippen LogP contribution in [-0.2, 0) is 19.2 Å². The maximum atomic E-state index is 14.3. The van der Waals surface area contributed by atoms with Crippen molar-refractivity contribution >= 4 is 40.2 Å². The highest BCUT2D eigenvalue weighted by Crippen LogP contribution is 2.58. The van der Waals surface area contributed by atoms with E-state index in [0.717, 1.165) is 5.52 Å². The third-order valence-electron chi connectivity index (χ3n) is 10.1. The number of phenolic OH excluding ortho intramolecular Hbond substituents is 1. The summed E-state index contributed by atoms with van der Waals surface area (Å²) in [6, 6.07) is 17.4. The van der Waals surface area contributed by atoms with Crippen molar-refractivity contribution in [1.82, 2.24) is 4.98 Å². The van der Waals surface area contributed by atoms with Gasteiger partial charge in [0.25, 0.3) is 0 Å². The fourth-order valence-corrected chi connectivity index (χ4v) is 7.88. The number of anilines is 1. The van der Waals surface area contributed by atoms with Crippen molar-refractivity contribution in [3.63, 3.8) is 0 Å². The number of imide groups is 1. The normalized spacial score (nSPS) is 23.5. The first-order valence-corrected chi connectivity index (χ1v) is 15.7. The van der Waals surface area contributed by atoms with Crippen molar-refractivity contribution in [3.05, 3.63) is 101 Å². The summed E-state index contributed by atoms with van der Waals surface area (Å²) in [6.07, 6.45) is 3.60. The largest absolute Gasteiger partial charge is 0.507 e. The van der Waals surface area contributed by atoms with Crippen molar-refractivity contribution in [2.75, 3.05) is 19.1 Å². The van der Waals surface area contributed by atoms with Crippen LogP contribution < -0.4 is 14.4 Å². The number of Topliss-reactive ketones (excluding diaryl/α,β-unsaturated/α-hetero) is 1. The van der Waals surface area contributed by atoms with Crippen LogP contribution in [0.5, 0.6) is 17.2 Å². The van der Waals surface area contributed by atoms with Crippen LogP contribution in [0.4, 0.5) is 5.69 Å². The summed E-state index contributed by atoms with van der Waals surface area (Å²) in [5, 5.41) is 11.3. The van der Waals surface area contributed by atoms with Gasteiger partial charge in [0.15, 0.2) is 17.1 Å². The molecule has 8 rings (SSSR count). The number of fused-ring (bicyclic) bond motifs is 4. The van der Waals surface area contributed by atoms with Gasteiger partial charge in [0.2, 0.25) is 17.7 Å². The number of phenols is 1. The molecule has 4 aromatic rings. The fraction of sp³-hybridized carbons (Fsp3) is 0.237. The molecule has 1 saturated heterocycles. The van der Waals surface area contributed by atoms with Crippen LogP contribution in [0.15, 0.2) is 99.5 Å². The molecule has 2 amide bonds. The summed E-state index contributed by atoms with van der Waals surface area (Å²) < 4.78 is 16.9. The lowest BCUT2D eigenvalue weighted by atomic mass is 9.59. The molecule has 0 radical (unpaired) electrons. The monoisotopic (exact) mass is 642 g/mol. The predicted molar refractivity (Wildman–Crippen MR) is 174 cm³/mol. The minimum absolute atomic E-state index is 0.122. The summed E-state index contributed by atoms with van der Waals surface area (Å²) in [7, 11) is 2.91. The Morgan fingerprint density at radius 3 is 2.44 bits per heavy atom. The van der Waals surface area contributed by atoms with Crippen LogP contribution in [0.3, 0.4) is 0 Å². The van der Waals surface area contributed by atoms with Gasteiger partial charge in [-0.25, -0.2) is 4.98 Å². The molecule has 48 heavy (non-hydrogen) atoms. The van der Waals surface area contributed by atoms with Crippen molar-refractivity contribution in [1.29, 1.82) is 0 Å². The summed E-state index contributed by atoms with van der Waals surface area (Å²) >= 11 is 0. The van der Waals surface area contributed by atoms with E-state index in [-0.39, 0.29) is 53.3 Å². The molecule has 3 aliphatic carbocycles. The molecule has 4 atom stereocenters. The first-order chi connectivity index (χ1) is 23.2. The number of ether oxygens (including phenoxy) is 2. The molecule has 0 spiro atoms. The third kappa shape index (κ3) is 4.28. The van der Waals surface area contributed by atoms with Gasteiger partial charge in [-0.1, -0.05) is 23.8 Å². The standard InChI is InChI=1S/C38H30N2O8/c1-18-14-27(41)32-25(35(18)43)17-24-22(33(32)34-28(42)15-21(46-2)16-30(34)47-3)12-13-23-31(24)38(45)40(37(23)44)20-10-8-19(9-11-20)36-39-26-6-4-5-7-29(26)48-36/h4-12,14-16,23-24,31,33,42H,13,17H2,1-3H3/t23-,24+,31-,33-/m0/s1. The van der Waals surface area contributed by atoms with Gasteiger partial charge in [0.05, 0.1) is 31.7 Å². The zero-order valence-corrected chi connectivity index (χ0v) is 26.4. The molecule has 1 fully saturated rings. The highest BCUT2D eigenvalue weighted by Gasteiger charge is 2.57. The number of carbonyl (C=O) groups is 4. The van der Waals surface area contributed by atoms with Crippen molar-refractivity contribution < 1.29 is 38.2 Å². The molecule has 2 heterocycles. The van der Waals surface area contributed by atoms with Crippen LogP contribution in [-0.4, -0.2) is 47.7 Å².